The fourth-order valence-corrected chi connectivity index (χ4v) is 3.27. The van der Waals surface area contributed by atoms with Gasteiger partial charge in [-0.2, -0.15) is 13.2 Å². The molecular weight excluding hydrogens is 297 g/mol. The minimum absolute atomic E-state index is 0.0862. The van der Waals surface area contributed by atoms with Crippen LogP contribution in [0.3, 0.4) is 0 Å². The summed E-state index contributed by atoms with van der Waals surface area (Å²) >= 11 is 1.39. The molecule has 1 aliphatic rings. The predicted octanol–water partition coefficient (Wildman–Crippen LogP) is 2.82. The van der Waals surface area contributed by atoms with E-state index in [0.717, 1.165) is 4.88 Å². The fraction of sp³-hybridized carbons (Fsp3) is 0.545. The summed E-state index contributed by atoms with van der Waals surface area (Å²) in [5, 5.41) is 4.98. The number of carbonyl (C=O) groups excluding carboxylic acids is 1. The summed E-state index contributed by atoms with van der Waals surface area (Å²) < 4.78 is 36.4. The average molecular weight is 310 g/mol. The highest BCUT2D eigenvalue weighted by molar-refractivity contribution is 8.00. The molecule has 2 atom stereocenters. The van der Waals surface area contributed by atoms with Crippen LogP contribution >= 0.6 is 23.1 Å². The monoisotopic (exact) mass is 310 g/mol. The third-order valence-electron chi connectivity index (χ3n) is 2.78. The van der Waals surface area contributed by atoms with E-state index in [2.05, 4.69) is 5.32 Å². The molecule has 0 saturated carbocycles. The van der Waals surface area contributed by atoms with E-state index in [-0.39, 0.29) is 42.2 Å². The van der Waals surface area contributed by atoms with E-state index in [4.69, 9.17) is 0 Å². The second kappa shape index (κ2) is 5.72. The lowest BCUT2D eigenvalue weighted by molar-refractivity contribution is -0.129. The highest BCUT2D eigenvalue weighted by Gasteiger charge is 2.38. The standard InChI is InChI=1S/C11H13F3N2OS2/c1-7-10(17)16(4-6-19-11(12,13)14)9(15-7)8-3-2-5-18-8/h2-3,5,7,9,15H,4,6H2,1H3. The van der Waals surface area contributed by atoms with Gasteiger partial charge in [-0.05, 0) is 30.1 Å². The van der Waals surface area contributed by atoms with Crippen LogP contribution in [0.5, 0.6) is 0 Å². The second-order valence-electron chi connectivity index (χ2n) is 4.13. The lowest BCUT2D eigenvalue weighted by Crippen LogP contribution is -2.32. The van der Waals surface area contributed by atoms with Crippen LogP contribution in [-0.2, 0) is 4.79 Å². The maximum atomic E-state index is 12.1. The van der Waals surface area contributed by atoms with Crippen LogP contribution in [0.15, 0.2) is 17.5 Å². The lowest BCUT2D eigenvalue weighted by Gasteiger charge is -2.23. The van der Waals surface area contributed by atoms with E-state index in [9.17, 15) is 18.0 Å². The Morgan fingerprint density at radius 3 is 2.84 bits per heavy atom. The number of alkyl halides is 3. The van der Waals surface area contributed by atoms with Crippen LogP contribution < -0.4 is 5.32 Å². The van der Waals surface area contributed by atoms with Gasteiger partial charge in [0.2, 0.25) is 5.91 Å². The first-order valence-corrected chi connectivity index (χ1v) is 7.55. The average Bonchev–Trinajstić information content (AvgIpc) is 2.90. The van der Waals surface area contributed by atoms with Gasteiger partial charge in [-0.15, -0.1) is 11.3 Å². The maximum Gasteiger partial charge on any atom is 0.441 e. The first-order chi connectivity index (χ1) is 8.88. The summed E-state index contributed by atoms with van der Waals surface area (Å²) in [7, 11) is 0. The number of hydrogen-bond acceptors (Lipinski definition) is 4. The Morgan fingerprint density at radius 1 is 1.53 bits per heavy atom. The number of nitrogens with one attached hydrogen (secondary N) is 1. The smallest absolute Gasteiger partial charge is 0.320 e. The molecule has 3 nitrogen and oxygen atoms in total. The molecule has 0 aromatic carbocycles. The van der Waals surface area contributed by atoms with Gasteiger partial charge in [0.1, 0.15) is 6.17 Å². The summed E-state index contributed by atoms with van der Waals surface area (Å²) in [6.45, 7) is 1.81. The molecule has 2 rings (SSSR count). The van der Waals surface area contributed by atoms with Gasteiger partial charge in [-0.1, -0.05) is 6.07 Å². The zero-order chi connectivity index (χ0) is 14.0. The topological polar surface area (TPSA) is 32.3 Å². The van der Waals surface area contributed by atoms with Crippen LogP contribution in [0.4, 0.5) is 13.2 Å². The van der Waals surface area contributed by atoms with E-state index in [1.54, 1.807) is 6.92 Å². The van der Waals surface area contributed by atoms with Crippen molar-refractivity contribution < 1.29 is 18.0 Å². The molecule has 1 N–H and O–H groups in total. The van der Waals surface area contributed by atoms with Gasteiger partial charge in [0.15, 0.2) is 0 Å². The van der Waals surface area contributed by atoms with Gasteiger partial charge in [0, 0.05) is 17.2 Å². The van der Waals surface area contributed by atoms with E-state index < -0.39 is 5.51 Å². The van der Waals surface area contributed by atoms with Crippen molar-refractivity contribution in [3.8, 4) is 0 Å². The number of rotatable bonds is 4. The third kappa shape index (κ3) is 3.64. The van der Waals surface area contributed by atoms with Crippen molar-refractivity contribution >= 4 is 29.0 Å². The molecule has 106 valence electrons. The summed E-state index contributed by atoms with van der Waals surface area (Å²) in [6, 6.07) is 3.37. The second-order valence-corrected chi connectivity index (χ2v) is 6.27. The number of amides is 1. The van der Waals surface area contributed by atoms with Crippen LogP contribution in [0.2, 0.25) is 0 Å². The van der Waals surface area contributed by atoms with Gasteiger partial charge < -0.3 is 4.90 Å². The Bertz CT molecular complexity index is 436. The Morgan fingerprint density at radius 2 is 2.26 bits per heavy atom. The normalized spacial score (nSPS) is 24.2. The zero-order valence-corrected chi connectivity index (χ0v) is 11.7. The molecule has 0 spiro atoms. The Balaban J connectivity index is 2.01. The van der Waals surface area contributed by atoms with Gasteiger partial charge in [0.25, 0.3) is 0 Å². The molecule has 0 bridgehead atoms. The summed E-state index contributed by atoms with van der Waals surface area (Å²) in [4.78, 5) is 14.4. The minimum atomic E-state index is -4.25. The number of nitrogens with zero attached hydrogens (tertiary/aromatic N) is 1. The number of carbonyl (C=O) groups is 1. The predicted molar refractivity (Wildman–Crippen MR) is 69.9 cm³/mol. The Hall–Kier alpha value is -0.730. The molecule has 1 fully saturated rings. The van der Waals surface area contributed by atoms with Gasteiger partial charge in [-0.25, -0.2) is 0 Å². The van der Waals surface area contributed by atoms with Crippen LogP contribution in [0.25, 0.3) is 0 Å². The van der Waals surface area contributed by atoms with Crippen molar-refractivity contribution in [1.29, 1.82) is 0 Å². The molecular formula is C11H13F3N2OS2. The van der Waals surface area contributed by atoms with E-state index in [1.807, 2.05) is 17.5 Å². The van der Waals surface area contributed by atoms with Crippen LogP contribution in [-0.4, -0.2) is 34.7 Å². The van der Waals surface area contributed by atoms with E-state index in [0.29, 0.717) is 0 Å². The van der Waals surface area contributed by atoms with Crippen molar-refractivity contribution in [1.82, 2.24) is 10.2 Å². The van der Waals surface area contributed by atoms with Crippen molar-refractivity contribution in [2.45, 2.75) is 24.6 Å². The largest absolute Gasteiger partial charge is 0.441 e. The molecule has 0 radical (unpaired) electrons. The highest BCUT2D eigenvalue weighted by atomic mass is 32.2. The molecule has 1 aromatic heterocycles. The fourth-order valence-electron chi connectivity index (χ4n) is 1.96. The van der Waals surface area contributed by atoms with Gasteiger partial charge >= 0.3 is 5.51 Å². The summed E-state index contributed by atoms with van der Waals surface area (Å²) in [5.41, 5.74) is -4.25. The molecule has 2 heterocycles. The number of halogens is 3. The van der Waals surface area contributed by atoms with Crippen molar-refractivity contribution in [3.63, 3.8) is 0 Å². The first-order valence-electron chi connectivity index (χ1n) is 5.69. The number of thioether (sulfide) groups is 1. The van der Waals surface area contributed by atoms with E-state index >= 15 is 0 Å². The third-order valence-corrected chi connectivity index (χ3v) is 4.42. The van der Waals surface area contributed by atoms with Gasteiger partial charge in [0.05, 0.1) is 6.04 Å². The molecule has 1 aliphatic heterocycles. The van der Waals surface area contributed by atoms with Crippen LogP contribution in [0.1, 0.15) is 18.0 Å². The molecule has 1 amide bonds. The van der Waals surface area contributed by atoms with Crippen LogP contribution in [0, 0.1) is 0 Å². The summed E-state index contributed by atoms with van der Waals surface area (Å²) in [6.07, 6.45) is -0.309. The quantitative estimate of drug-likeness (QED) is 0.928. The summed E-state index contributed by atoms with van der Waals surface area (Å²) in [5.74, 6) is -0.299. The number of hydrogen-bond donors (Lipinski definition) is 1. The Kier molecular flexibility index (Phi) is 4.42. The molecule has 1 aromatic rings. The van der Waals surface area contributed by atoms with Crippen molar-refractivity contribution in [3.05, 3.63) is 22.4 Å². The SMILES string of the molecule is CC1NC(c2cccs2)N(CCSC(F)(F)F)C1=O. The maximum absolute atomic E-state index is 12.1. The molecule has 2 unspecified atom stereocenters. The number of thiophene rings is 1. The molecule has 19 heavy (non-hydrogen) atoms. The molecule has 8 heteroatoms. The Labute approximate surface area is 117 Å². The van der Waals surface area contributed by atoms with E-state index in [1.165, 1.54) is 16.2 Å². The lowest BCUT2D eigenvalue weighted by atomic mass is 10.3. The molecule has 0 aliphatic carbocycles. The zero-order valence-electron chi connectivity index (χ0n) is 10.1. The van der Waals surface area contributed by atoms with Crippen molar-refractivity contribution in [2.24, 2.45) is 0 Å². The molecule has 1 saturated heterocycles. The minimum Gasteiger partial charge on any atom is -0.320 e. The highest BCUT2D eigenvalue weighted by Crippen LogP contribution is 2.32. The van der Waals surface area contributed by atoms with Crippen molar-refractivity contribution in [2.75, 3.05) is 12.3 Å². The first kappa shape index (κ1) is 14.7. The van der Waals surface area contributed by atoms with Gasteiger partial charge in [-0.3, -0.25) is 10.1 Å².